The highest BCUT2D eigenvalue weighted by atomic mass is 35.5. The molecule has 0 saturated carbocycles. The fourth-order valence-electron chi connectivity index (χ4n) is 2.78. The second kappa shape index (κ2) is 5.31. The highest BCUT2D eigenvalue weighted by Crippen LogP contribution is 2.30. The number of halogens is 3. The maximum atomic E-state index is 13.5. The molecule has 0 N–H and O–H groups in total. The van der Waals surface area contributed by atoms with Crippen LogP contribution in [0.2, 0.25) is 5.15 Å². The molecule has 20 heavy (non-hydrogen) atoms. The molecule has 2 saturated heterocycles. The van der Waals surface area contributed by atoms with Crippen LogP contribution in [-0.4, -0.2) is 42.1 Å². The average molecular weight is 303 g/mol. The molecule has 0 atom stereocenters. The highest BCUT2D eigenvalue weighted by Gasteiger charge is 2.36. The molecule has 2 aliphatic rings. The van der Waals surface area contributed by atoms with Gasteiger partial charge in [0.2, 0.25) is 5.95 Å². The minimum absolute atomic E-state index is 0.0664. The molecule has 4 nitrogen and oxygen atoms in total. The van der Waals surface area contributed by atoms with Crippen LogP contribution in [0.3, 0.4) is 0 Å². The molecule has 2 aliphatic heterocycles. The first-order valence-corrected chi connectivity index (χ1v) is 7.34. The summed E-state index contributed by atoms with van der Waals surface area (Å²) < 4.78 is 27.0. The Kier molecular flexibility index (Phi) is 3.67. The average Bonchev–Trinajstić information content (AvgIpc) is 2.90. The van der Waals surface area contributed by atoms with Gasteiger partial charge in [-0.2, -0.15) is 4.98 Å². The predicted molar refractivity (Wildman–Crippen MR) is 74.9 cm³/mol. The molecule has 1 aromatic heterocycles. The summed E-state index contributed by atoms with van der Waals surface area (Å²) in [7, 11) is 0. The molecular weight excluding hydrogens is 286 g/mol. The number of anilines is 2. The van der Waals surface area contributed by atoms with E-state index < -0.39 is 5.92 Å². The van der Waals surface area contributed by atoms with Crippen LogP contribution in [0.1, 0.15) is 25.7 Å². The molecule has 0 spiro atoms. The maximum Gasteiger partial charge on any atom is 0.265 e. The largest absolute Gasteiger partial charge is 0.356 e. The molecule has 0 bridgehead atoms. The van der Waals surface area contributed by atoms with Gasteiger partial charge in [0.15, 0.2) is 0 Å². The summed E-state index contributed by atoms with van der Waals surface area (Å²) in [6.45, 7) is 2.09. The topological polar surface area (TPSA) is 32.3 Å². The lowest BCUT2D eigenvalue weighted by Crippen LogP contribution is -2.43. The smallest absolute Gasteiger partial charge is 0.265 e. The summed E-state index contributed by atoms with van der Waals surface area (Å²) in [5.41, 5.74) is 0. The van der Waals surface area contributed by atoms with E-state index in [9.17, 15) is 8.78 Å². The second-order valence-electron chi connectivity index (χ2n) is 5.42. The summed E-state index contributed by atoms with van der Waals surface area (Å²) in [6.07, 6.45) is 2.63. The van der Waals surface area contributed by atoms with E-state index in [-0.39, 0.29) is 13.0 Å². The molecule has 3 heterocycles. The van der Waals surface area contributed by atoms with Crippen molar-refractivity contribution in [3.8, 4) is 0 Å². The van der Waals surface area contributed by atoms with Crippen LogP contribution in [0.15, 0.2) is 6.07 Å². The summed E-state index contributed by atoms with van der Waals surface area (Å²) >= 11 is 6.03. The van der Waals surface area contributed by atoms with Crippen molar-refractivity contribution < 1.29 is 8.78 Å². The van der Waals surface area contributed by atoms with E-state index in [0.717, 1.165) is 31.7 Å². The lowest BCUT2D eigenvalue weighted by Gasteiger charge is -2.32. The van der Waals surface area contributed by atoms with Crippen LogP contribution in [0.4, 0.5) is 20.5 Å². The molecule has 1 aromatic rings. The number of piperidine rings is 1. The van der Waals surface area contributed by atoms with Crippen molar-refractivity contribution in [3.63, 3.8) is 0 Å². The highest BCUT2D eigenvalue weighted by molar-refractivity contribution is 6.29. The van der Waals surface area contributed by atoms with Crippen LogP contribution in [0.25, 0.3) is 0 Å². The zero-order valence-corrected chi connectivity index (χ0v) is 11.9. The van der Waals surface area contributed by atoms with Crippen molar-refractivity contribution in [2.75, 3.05) is 36.0 Å². The normalized spacial score (nSPS) is 22.4. The van der Waals surface area contributed by atoms with Gasteiger partial charge in [0.05, 0.1) is 6.54 Å². The van der Waals surface area contributed by atoms with Crippen LogP contribution in [0.5, 0.6) is 0 Å². The third kappa shape index (κ3) is 2.95. The lowest BCUT2D eigenvalue weighted by molar-refractivity contribution is -0.0120. The van der Waals surface area contributed by atoms with Gasteiger partial charge >= 0.3 is 0 Å². The Hall–Kier alpha value is -1.17. The molecule has 0 aliphatic carbocycles. The molecule has 0 amide bonds. The summed E-state index contributed by atoms with van der Waals surface area (Å²) in [5.74, 6) is -1.61. The molecule has 0 unspecified atom stereocenters. The second-order valence-corrected chi connectivity index (χ2v) is 5.81. The van der Waals surface area contributed by atoms with Gasteiger partial charge in [0.25, 0.3) is 5.92 Å². The standard InChI is InChI=1S/C13H17ClF2N4/c14-10-8-11(19-5-1-2-6-19)18-12(17-10)20-7-3-4-13(15,16)9-20/h8H,1-7,9H2. The Labute approximate surface area is 121 Å². The molecule has 7 heteroatoms. The Bertz CT molecular complexity index is 491. The number of rotatable bonds is 2. The van der Waals surface area contributed by atoms with Gasteiger partial charge in [-0.05, 0) is 19.3 Å². The third-order valence-electron chi connectivity index (χ3n) is 3.78. The monoisotopic (exact) mass is 302 g/mol. The third-order valence-corrected chi connectivity index (χ3v) is 3.97. The number of aromatic nitrogens is 2. The zero-order chi connectivity index (χ0) is 14.2. The van der Waals surface area contributed by atoms with E-state index in [4.69, 9.17) is 11.6 Å². The Balaban J connectivity index is 1.85. The van der Waals surface area contributed by atoms with Crippen LogP contribution >= 0.6 is 11.6 Å². The van der Waals surface area contributed by atoms with E-state index >= 15 is 0 Å². The van der Waals surface area contributed by atoms with Crippen molar-refractivity contribution in [3.05, 3.63) is 11.2 Å². The van der Waals surface area contributed by atoms with Gasteiger partial charge in [0.1, 0.15) is 11.0 Å². The zero-order valence-electron chi connectivity index (χ0n) is 11.2. The fraction of sp³-hybridized carbons (Fsp3) is 0.692. The van der Waals surface area contributed by atoms with E-state index in [2.05, 4.69) is 14.9 Å². The number of hydrogen-bond donors (Lipinski definition) is 0. The van der Waals surface area contributed by atoms with Crippen LogP contribution in [0, 0.1) is 0 Å². The van der Waals surface area contributed by atoms with Gasteiger partial charge in [-0.15, -0.1) is 0 Å². The van der Waals surface area contributed by atoms with Crippen molar-refractivity contribution in [2.45, 2.75) is 31.6 Å². The maximum absolute atomic E-state index is 13.5. The summed E-state index contributed by atoms with van der Waals surface area (Å²) in [4.78, 5) is 12.2. The minimum Gasteiger partial charge on any atom is -0.356 e. The summed E-state index contributed by atoms with van der Waals surface area (Å²) in [6, 6.07) is 1.71. The van der Waals surface area contributed by atoms with E-state index in [0.29, 0.717) is 24.1 Å². The minimum atomic E-state index is -2.67. The predicted octanol–water partition coefficient (Wildman–Crippen LogP) is 2.97. The Morgan fingerprint density at radius 2 is 1.75 bits per heavy atom. The van der Waals surface area contributed by atoms with Gasteiger partial charge in [-0.1, -0.05) is 11.6 Å². The van der Waals surface area contributed by atoms with E-state index in [1.165, 1.54) is 4.90 Å². The van der Waals surface area contributed by atoms with Crippen LogP contribution < -0.4 is 9.80 Å². The first-order chi connectivity index (χ1) is 9.53. The van der Waals surface area contributed by atoms with Crippen molar-refractivity contribution in [1.82, 2.24) is 9.97 Å². The number of nitrogens with zero attached hydrogens (tertiary/aromatic N) is 4. The summed E-state index contributed by atoms with van der Waals surface area (Å²) in [5, 5.41) is 0.311. The van der Waals surface area contributed by atoms with Crippen molar-refractivity contribution in [2.24, 2.45) is 0 Å². The molecule has 0 aromatic carbocycles. The van der Waals surface area contributed by atoms with E-state index in [1.54, 1.807) is 6.07 Å². The molecule has 3 rings (SSSR count). The SMILES string of the molecule is FC1(F)CCCN(c2nc(Cl)cc(N3CCCC3)n2)C1. The Morgan fingerprint density at radius 1 is 1.05 bits per heavy atom. The molecule has 110 valence electrons. The molecule has 2 fully saturated rings. The molecule has 0 radical (unpaired) electrons. The van der Waals surface area contributed by atoms with Gasteiger partial charge in [-0.25, -0.2) is 13.8 Å². The first-order valence-electron chi connectivity index (χ1n) is 6.96. The van der Waals surface area contributed by atoms with Crippen molar-refractivity contribution >= 4 is 23.4 Å². The van der Waals surface area contributed by atoms with Crippen molar-refractivity contribution in [1.29, 1.82) is 0 Å². The fourth-order valence-corrected chi connectivity index (χ4v) is 2.95. The number of alkyl halides is 2. The quantitative estimate of drug-likeness (QED) is 0.786. The van der Waals surface area contributed by atoms with Gasteiger partial charge < -0.3 is 9.80 Å². The van der Waals surface area contributed by atoms with Gasteiger partial charge in [0, 0.05) is 32.1 Å². The Morgan fingerprint density at radius 3 is 2.45 bits per heavy atom. The van der Waals surface area contributed by atoms with Gasteiger partial charge in [-0.3, -0.25) is 0 Å². The molecular formula is C13H17ClF2N4. The first kappa shape index (κ1) is 13.8. The van der Waals surface area contributed by atoms with Crippen LogP contribution in [-0.2, 0) is 0 Å². The van der Waals surface area contributed by atoms with E-state index in [1.807, 2.05) is 0 Å². The number of hydrogen-bond acceptors (Lipinski definition) is 4. The lowest BCUT2D eigenvalue weighted by atomic mass is 10.1.